The van der Waals surface area contributed by atoms with E-state index >= 15 is 0 Å². The molecule has 0 aliphatic heterocycles. The van der Waals surface area contributed by atoms with Crippen LogP contribution >= 0.6 is 11.8 Å². The molecule has 0 atom stereocenters. The van der Waals surface area contributed by atoms with Crippen molar-refractivity contribution in [3.05, 3.63) is 18.5 Å². The van der Waals surface area contributed by atoms with Crippen molar-refractivity contribution in [3.63, 3.8) is 0 Å². The maximum atomic E-state index is 9.13. The lowest BCUT2D eigenvalue weighted by molar-refractivity contribution is 0.263. The van der Waals surface area contributed by atoms with Gasteiger partial charge >= 0.3 is 0 Å². The average molecular weight is 225 g/mol. The van der Waals surface area contributed by atoms with Crippen molar-refractivity contribution in [3.8, 4) is 0 Å². The lowest BCUT2D eigenvalue weighted by Gasteiger charge is -2.06. The van der Waals surface area contributed by atoms with E-state index in [1.807, 2.05) is 6.08 Å². The summed E-state index contributed by atoms with van der Waals surface area (Å²) in [6, 6.07) is 0.522. The van der Waals surface area contributed by atoms with Gasteiger partial charge in [-0.1, -0.05) is 17.8 Å². The molecule has 0 saturated heterocycles. The van der Waals surface area contributed by atoms with Crippen LogP contribution in [0.1, 0.15) is 31.1 Å². The molecule has 15 heavy (non-hydrogen) atoms. The van der Waals surface area contributed by atoms with E-state index in [4.69, 9.17) is 5.11 Å². The smallest absolute Gasteiger partial charge is 0.191 e. The zero-order chi connectivity index (χ0) is 10.7. The van der Waals surface area contributed by atoms with Crippen LogP contribution in [-0.2, 0) is 6.61 Å². The Kier molecular flexibility index (Phi) is 3.43. The molecule has 1 fully saturated rings. The van der Waals surface area contributed by atoms with Gasteiger partial charge in [-0.05, 0) is 19.3 Å². The minimum absolute atomic E-state index is 0.0223. The maximum absolute atomic E-state index is 9.13. The zero-order valence-electron chi connectivity index (χ0n) is 8.59. The van der Waals surface area contributed by atoms with Crippen molar-refractivity contribution in [1.29, 1.82) is 0 Å². The van der Waals surface area contributed by atoms with Gasteiger partial charge in [0.05, 0.1) is 0 Å². The quantitative estimate of drug-likeness (QED) is 0.455. The molecule has 82 valence electrons. The third-order valence-electron chi connectivity index (χ3n) is 2.34. The van der Waals surface area contributed by atoms with Crippen molar-refractivity contribution in [2.24, 2.45) is 0 Å². The molecule has 0 bridgehead atoms. The summed E-state index contributed by atoms with van der Waals surface area (Å²) in [4.78, 5) is 0. The Morgan fingerprint density at radius 3 is 2.93 bits per heavy atom. The molecular formula is C10H15N3OS. The van der Waals surface area contributed by atoms with Crippen LogP contribution in [0.2, 0.25) is 0 Å². The van der Waals surface area contributed by atoms with Crippen LogP contribution in [0.5, 0.6) is 0 Å². The topological polar surface area (TPSA) is 50.9 Å². The molecule has 1 aromatic heterocycles. The summed E-state index contributed by atoms with van der Waals surface area (Å²) in [6.45, 7) is 3.66. The molecule has 1 aliphatic carbocycles. The van der Waals surface area contributed by atoms with E-state index in [9.17, 15) is 0 Å². The van der Waals surface area contributed by atoms with Gasteiger partial charge in [0.15, 0.2) is 11.0 Å². The third-order valence-corrected chi connectivity index (χ3v) is 3.32. The number of hydrogen-bond acceptors (Lipinski definition) is 4. The second-order valence-corrected chi connectivity index (χ2v) is 4.65. The Balaban J connectivity index is 2.08. The van der Waals surface area contributed by atoms with E-state index in [0.717, 1.165) is 17.3 Å². The Morgan fingerprint density at radius 2 is 2.33 bits per heavy atom. The average Bonchev–Trinajstić information content (AvgIpc) is 3.00. The van der Waals surface area contributed by atoms with Crippen molar-refractivity contribution in [1.82, 2.24) is 14.8 Å². The lowest BCUT2D eigenvalue weighted by Crippen LogP contribution is -2.02. The molecular weight excluding hydrogens is 210 g/mol. The molecule has 0 amide bonds. The fourth-order valence-electron chi connectivity index (χ4n) is 1.45. The summed E-state index contributed by atoms with van der Waals surface area (Å²) in [5, 5.41) is 18.2. The number of nitrogens with zero attached hydrogens (tertiary/aromatic N) is 3. The molecule has 1 aromatic rings. The highest BCUT2D eigenvalue weighted by Gasteiger charge is 2.29. The molecule has 0 unspecified atom stereocenters. The van der Waals surface area contributed by atoms with Crippen LogP contribution in [0.4, 0.5) is 0 Å². The molecule has 1 saturated carbocycles. The van der Waals surface area contributed by atoms with Crippen LogP contribution in [0, 0.1) is 0 Å². The number of aliphatic hydroxyl groups excluding tert-OH is 1. The fourth-order valence-corrected chi connectivity index (χ4v) is 2.41. The van der Waals surface area contributed by atoms with E-state index in [-0.39, 0.29) is 6.61 Å². The predicted octanol–water partition coefficient (Wildman–Crippen LogP) is 1.77. The normalized spacial score (nSPS) is 15.5. The van der Waals surface area contributed by atoms with E-state index in [1.54, 1.807) is 11.8 Å². The molecule has 4 nitrogen and oxygen atoms in total. The van der Waals surface area contributed by atoms with E-state index < -0.39 is 0 Å². The number of hydrogen-bond donors (Lipinski definition) is 1. The van der Waals surface area contributed by atoms with Gasteiger partial charge in [-0.2, -0.15) is 0 Å². The lowest BCUT2D eigenvalue weighted by atomic mass is 10.5. The largest absolute Gasteiger partial charge is 0.388 e. The maximum Gasteiger partial charge on any atom is 0.191 e. The van der Waals surface area contributed by atoms with Gasteiger partial charge in [0.1, 0.15) is 6.61 Å². The monoisotopic (exact) mass is 225 g/mol. The highest BCUT2D eigenvalue weighted by Crippen LogP contribution is 2.38. The molecule has 5 heteroatoms. The second kappa shape index (κ2) is 4.81. The van der Waals surface area contributed by atoms with E-state index in [2.05, 4.69) is 21.3 Å². The van der Waals surface area contributed by atoms with E-state index in [1.165, 1.54) is 12.8 Å². The second-order valence-electron chi connectivity index (χ2n) is 3.58. The zero-order valence-corrected chi connectivity index (χ0v) is 9.41. The minimum Gasteiger partial charge on any atom is -0.388 e. The standard InChI is InChI=1S/C10H15N3OS/c1-2-3-6-15-10-12-11-9(7-14)13(10)8-4-5-8/h2,8,14H,1,3-7H2. The Morgan fingerprint density at radius 1 is 1.53 bits per heavy atom. The number of allylic oxidation sites excluding steroid dienone is 1. The van der Waals surface area contributed by atoms with Crippen LogP contribution in [-0.4, -0.2) is 25.6 Å². The molecule has 2 rings (SSSR count). The Hall–Kier alpha value is -0.810. The first kappa shape index (κ1) is 10.7. The number of rotatable bonds is 6. The number of thioether (sulfide) groups is 1. The Labute approximate surface area is 93.4 Å². The van der Waals surface area contributed by atoms with Crippen LogP contribution in [0.3, 0.4) is 0 Å². The van der Waals surface area contributed by atoms with Crippen molar-refractivity contribution >= 4 is 11.8 Å². The summed E-state index contributed by atoms with van der Waals surface area (Å²) in [7, 11) is 0. The molecule has 1 aliphatic rings. The van der Waals surface area contributed by atoms with Crippen LogP contribution in [0.25, 0.3) is 0 Å². The van der Waals surface area contributed by atoms with Gasteiger partial charge in [0.25, 0.3) is 0 Å². The van der Waals surface area contributed by atoms with Gasteiger partial charge < -0.3 is 9.67 Å². The predicted molar refractivity (Wildman–Crippen MR) is 59.8 cm³/mol. The van der Waals surface area contributed by atoms with Crippen molar-refractivity contribution in [2.75, 3.05) is 5.75 Å². The SMILES string of the molecule is C=CCCSc1nnc(CO)n1C1CC1. The Bertz CT molecular complexity index is 346. The summed E-state index contributed by atoms with van der Waals surface area (Å²) >= 11 is 1.68. The summed E-state index contributed by atoms with van der Waals surface area (Å²) in [5.74, 6) is 1.67. The molecule has 1 heterocycles. The minimum atomic E-state index is -0.0223. The highest BCUT2D eigenvalue weighted by molar-refractivity contribution is 7.99. The fraction of sp³-hybridized carbons (Fsp3) is 0.600. The van der Waals surface area contributed by atoms with Crippen LogP contribution in [0.15, 0.2) is 17.8 Å². The highest BCUT2D eigenvalue weighted by atomic mass is 32.2. The van der Waals surface area contributed by atoms with Crippen molar-refractivity contribution < 1.29 is 5.11 Å². The summed E-state index contributed by atoms with van der Waals surface area (Å²) in [5.41, 5.74) is 0. The molecule has 0 spiro atoms. The van der Waals surface area contributed by atoms with Crippen LogP contribution < -0.4 is 0 Å². The summed E-state index contributed by atoms with van der Waals surface area (Å²) < 4.78 is 2.08. The first-order valence-electron chi connectivity index (χ1n) is 5.15. The molecule has 0 aromatic carbocycles. The number of aliphatic hydroxyl groups is 1. The van der Waals surface area contributed by atoms with Gasteiger partial charge in [-0.3, -0.25) is 0 Å². The third kappa shape index (κ3) is 2.41. The first-order valence-corrected chi connectivity index (χ1v) is 6.13. The summed E-state index contributed by atoms with van der Waals surface area (Å²) in [6.07, 6.45) is 5.23. The molecule has 0 radical (unpaired) electrons. The molecule has 1 N–H and O–H groups in total. The van der Waals surface area contributed by atoms with Gasteiger partial charge in [0, 0.05) is 11.8 Å². The van der Waals surface area contributed by atoms with E-state index in [0.29, 0.717) is 11.9 Å². The first-order chi connectivity index (χ1) is 7.36. The number of aromatic nitrogens is 3. The van der Waals surface area contributed by atoms with Gasteiger partial charge in [0.2, 0.25) is 0 Å². The van der Waals surface area contributed by atoms with Gasteiger partial charge in [-0.15, -0.1) is 16.8 Å². The van der Waals surface area contributed by atoms with Crippen molar-refractivity contribution in [2.45, 2.75) is 37.1 Å². The van der Waals surface area contributed by atoms with Gasteiger partial charge in [-0.25, -0.2) is 0 Å².